The first-order valence-corrected chi connectivity index (χ1v) is 8.14. The molecular weight excluding hydrogens is 286 g/mol. The van der Waals surface area contributed by atoms with E-state index in [1.54, 1.807) is 0 Å². The molecule has 3 nitrogen and oxygen atoms in total. The van der Waals surface area contributed by atoms with E-state index >= 15 is 0 Å². The number of hydrogen-bond acceptors (Lipinski definition) is 2. The van der Waals surface area contributed by atoms with Crippen LogP contribution in [-0.2, 0) is 24.1 Å². The minimum atomic E-state index is -0.241. The molecule has 0 saturated heterocycles. The highest BCUT2D eigenvalue weighted by Crippen LogP contribution is 2.27. The molecule has 0 fully saturated rings. The van der Waals surface area contributed by atoms with Crippen molar-refractivity contribution in [1.29, 1.82) is 0 Å². The van der Waals surface area contributed by atoms with Crippen molar-refractivity contribution in [2.75, 3.05) is 7.11 Å². The summed E-state index contributed by atoms with van der Waals surface area (Å²) in [7, 11) is 1.46. The molecule has 0 heterocycles. The van der Waals surface area contributed by atoms with Gasteiger partial charge in [-0.3, -0.25) is 0 Å². The van der Waals surface area contributed by atoms with Crippen LogP contribution in [0.15, 0.2) is 48.5 Å². The lowest BCUT2D eigenvalue weighted by molar-refractivity contribution is 0.0967. The van der Waals surface area contributed by atoms with E-state index in [4.69, 9.17) is 4.74 Å². The highest BCUT2D eigenvalue weighted by atomic mass is 16.5. The van der Waals surface area contributed by atoms with Crippen LogP contribution in [0.3, 0.4) is 0 Å². The maximum atomic E-state index is 12.3. The van der Waals surface area contributed by atoms with Crippen LogP contribution in [0.2, 0.25) is 0 Å². The maximum absolute atomic E-state index is 12.3. The quantitative estimate of drug-likeness (QED) is 0.853. The van der Waals surface area contributed by atoms with Crippen LogP contribution < -0.4 is 0 Å². The molecule has 0 saturated carbocycles. The zero-order chi connectivity index (χ0) is 16.2. The Morgan fingerprint density at radius 1 is 1.17 bits per heavy atom. The van der Waals surface area contributed by atoms with Gasteiger partial charge in [-0.15, -0.1) is 0 Å². The number of carbonyl (C=O) groups is 1. The van der Waals surface area contributed by atoms with E-state index < -0.39 is 0 Å². The highest BCUT2D eigenvalue weighted by Gasteiger charge is 2.28. The Hall–Kier alpha value is -2.29. The Morgan fingerprint density at radius 3 is 2.70 bits per heavy atom. The smallest absolute Gasteiger partial charge is 0.410 e. The van der Waals surface area contributed by atoms with Gasteiger partial charge < -0.3 is 9.64 Å². The second-order valence-corrected chi connectivity index (χ2v) is 6.25. The molecule has 1 amide bonds. The van der Waals surface area contributed by atoms with Crippen LogP contribution in [0.25, 0.3) is 0 Å². The van der Waals surface area contributed by atoms with Gasteiger partial charge in [0.1, 0.15) is 0 Å². The lowest BCUT2D eigenvalue weighted by atomic mass is 9.86. The topological polar surface area (TPSA) is 29.5 Å². The fraction of sp³-hybridized carbons (Fsp3) is 0.350. The number of ether oxygens (including phenoxy) is 1. The van der Waals surface area contributed by atoms with Crippen molar-refractivity contribution >= 4 is 6.09 Å². The van der Waals surface area contributed by atoms with Gasteiger partial charge in [-0.2, -0.15) is 0 Å². The van der Waals surface area contributed by atoms with Gasteiger partial charge in [0.2, 0.25) is 0 Å². The molecule has 0 aromatic heterocycles. The number of methoxy groups -OCH3 is 1. The first-order chi connectivity index (χ1) is 11.2. The lowest BCUT2D eigenvalue weighted by Crippen LogP contribution is -2.43. The summed E-state index contributed by atoms with van der Waals surface area (Å²) in [5.41, 5.74) is 5.18. The summed E-state index contributed by atoms with van der Waals surface area (Å²) >= 11 is 0. The molecular formula is C20H23NO2. The zero-order valence-corrected chi connectivity index (χ0v) is 13.8. The Bertz CT molecular complexity index is 681. The van der Waals surface area contributed by atoms with Gasteiger partial charge in [0.05, 0.1) is 7.11 Å². The summed E-state index contributed by atoms with van der Waals surface area (Å²) < 4.78 is 5.04. The van der Waals surface area contributed by atoms with Gasteiger partial charge in [-0.1, -0.05) is 54.1 Å². The van der Waals surface area contributed by atoms with Crippen LogP contribution in [0.5, 0.6) is 0 Å². The van der Waals surface area contributed by atoms with E-state index in [0.29, 0.717) is 6.54 Å². The van der Waals surface area contributed by atoms with Gasteiger partial charge in [0, 0.05) is 12.6 Å². The molecule has 0 aliphatic heterocycles. The molecule has 3 rings (SSSR count). The Morgan fingerprint density at radius 2 is 1.96 bits per heavy atom. The second kappa shape index (κ2) is 6.86. The van der Waals surface area contributed by atoms with Crippen molar-refractivity contribution in [3.63, 3.8) is 0 Å². The lowest BCUT2D eigenvalue weighted by Gasteiger charge is -2.34. The summed E-state index contributed by atoms with van der Waals surface area (Å²) in [6.45, 7) is 2.71. The highest BCUT2D eigenvalue weighted by molar-refractivity contribution is 5.68. The third-order valence-corrected chi connectivity index (χ3v) is 4.61. The molecule has 1 unspecified atom stereocenters. The fourth-order valence-corrected chi connectivity index (χ4v) is 3.37. The van der Waals surface area contributed by atoms with Crippen LogP contribution >= 0.6 is 0 Å². The molecule has 1 atom stereocenters. The molecule has 2 aromatic rings. The molecule has 0 radical (unpaired) electrons. The van der Waals surface area contributed by atoms with Crippen molar-refractivity contribution in [1.82, 2.24) is 4.90 Å². The minimum absolute atomic E-state index is 0.192. The first kappa shape index (κ1) is 15.6. The van der Waals surface area contributed by atoms with Gasteiger partial charge >= 0.3 is 6.09 Å². The normalized spacial score (nSPS) is 16.5. The summed E-state index contributed by atoms with van der Waals surface area (Å²) in [6, 6.07) is 16.9. The van der Waals surface area contributed by atoms with Crippen molar-refractivity contribution in [2.24, 2.45) is 0 Å². The number of carbonyl (C=O) groups excluding carboxylic acids is 1. The van der Waals surface area contributed by atoms with Gasteiger partial charge in [0.25, 0.3) is 0 Å². The van der Waals surface area contributed by atoms with Gasteiger partial charge in [0.15, 0.2) is 0 Å². The standard InChI is InChI=1S/C20H23NO2/c1-15-8-9-17-10-11-19(13-18(17)12-15)21(20(22)23-2)14-16-6-4-3-5-7-16/h3-9,12,19H,10-11,13-14H2,1-2H3. The Labute approximate surface area is 137 Å². The van der Waals surface area contributed by atoms with E-state index in [9.17, 15) is 4.79 Å². The van der Waals surface area contributed by atoms with E-state index in [1.807, 2.05) is 23.1 Å². The van der Waals surface area contributed by atoms with E-state index in [1.165, 1.54) is 23.8 Å². The van der Waals surface area contributed by atoms with E-state index in [2.05, 4.69) is 37.3 Å². The number of aryl methyl sites for hydroxylation is 2. The van der Waals surface area contributed by atoms with Crippen molar-refractivity contribution < 1.29 is 9.53 Å². The molecule has 0 bridgehead atoms. The molecule has 3 heteroatoms. The van der Waals surface area contributed by atoms with Gasteiger partial charge in [-0.05, 0) is 42.9 Å². The van der Waals surface area contributed by atoms with Crippen molar-refractivity contribution in [3.8, 4) is 0 Å². The maximum Gasteiger partial charge on any atom is 0.410 e. The summed E-state index contributed by atoms with van der Waals surface area (Å²) in [4.78, 5) is 14.2. The van der Waals surface area contributed by atoms with Crippen molar-refractivity contribution in [2.45, 2.75) is 38.8 Å². The van der Waals surface area contributed by atoms with Crippen LogP contribution in [0.4, 0.5) is 4.79 Å². The summed E-state index contributed by atoms with van der Waals surface area (Å²) in [5, 5.41) is 0. The molecule has 120 valence electrons. The number of benzene rings is 2. The number of fused-ring (bicyclic) bond motifs is 1. The monoisotopic (exact) mass is 309 g/mol. The first-order valence-electron chi connectivity index (χ1n) is 8.14. The predicted octanol–water partition coefficient (Wildman–Crippen LogP) is 4.12. The van der Waals surface area contributed by atoms with Crippen molar-refractivity contribution in [3.05, 3.63) is 70.8 Å². The number of rotatable bonds is 3. The molecule has 0 spiro atoms. The zero-order valence-electron chi connectivity index (χ0n) is 13.8. The average molecular weight is 309 g/mol. The van der Waals surface area contributed by atoms with Crippen LogP contribution in [-0.4, -0.2) is 24.1 Å². The summed E-state index contributed by atoms with van der Waals surface area (Å²) in [5.74, 6) is 0. The molecule has 0 N–H and O–H groups in total. The minimum Gasteiger partial charge on any atom is -0.453 e. The molecule has 2 aromatic carbocycles. The molecule has 1 aliphatic rings. The third kappa shape index (κ3) is 3.55. The summed E-state index contributed by atoms with van der Waals surface area (Å²) in [6.07, 6.45) is 2.66. The largest absolute Gasteiger partial charge is 0.453 e. The van der Waals surface area contributed by atoms with Crippen LogP contribution in [0.1, 0.15) is 28.7 Å². The van der Waals surface area contributed by atoms with E-state index in [0.717, 1.165) is 24.8 Å². The SMILES string of the molecule is COC(=O)N(Cc1ccccc1)C1CCc2ccc(C)cc2C1. The fourth-order valence-electron chi connectivity index (χ4n) is 3.37. The van der Waals surface area contributed by atoms with Gasteiger partial charge in [-0.25, -0.2) is 4.79 Å². The van der Waals surface area contributed by atoms with Crippen LogP contribution in [0, 0.1) is 6.92 Å². The van der Waals surface area contributed by atoms with E-state index in [-0.39, 0.29) is 12.1 Å². The number of hydrogen-bond donors (Lipinski definition) is 0. The third-order valence-electron chi connectivity index (χ3n) is 4.61. The Kier molecular flexibility index (Phi) is 4.65. The molecule has 1 aliphatic carbocycles. The molecule has 23 heavy (non-hydrogen) atoms. The average Bonchev–Trinajstić information content (AvgIpc) is 2.59. The predicted molar refractivity (Wildman–Crippen MR) is 91.4 cm³/mol. The number of nitrogens with zero attached hydrogens (tertiary/aromatic N) is 1. The number of amides is 1. The Balaban J connectivity index is 1.82. The second-order valence-electron chi connectivity index (χ2n) is 6.25.